The molecule has 10 heteroatoms. The Morgan fingerprint density at radius 2 is 1.88 bits per heavy atom. The summed E-state index contributed by atoms with van der Waals surface area (Å²) in [5, 5.41) is 3.78. The molecule has 0 unspecified atom stereocenters. The van der Waals surface area contributed by atoms with Crippen molar-refractivity contribution in [3.8, 4) is 11.3 Å². The molecule has 1 saturated heterocycles. The first kappa shape index (κ1) is 24.9. The number of H-pyrrole nitrogens is 1. The number of likely N-dealkylation sites (tertiary alicyclic amines) is 1. The predicted molar refractivity (Wildman–Crippen MR) is 125 cm³/mol. The lowest BCUT2D eigenvalue weighted by atomic mass is 10.0. The first-order chi connectivity index (χ1) is 15.3. The van der Waals surface area contributed by atoms with Gasteiger partial charge in [-0.3, -0.25) is 4.79 Å². The molecule has 0 spiro atoms. The fourth-order valence-corrected chi connectivity index (χ4v) is 5.14. The number of nitrogens with one attached hydrogen (secondary N) is 2. The van der Waals surface area contributed by atoms with Gasteiger partial charge in [-0.2, -0.15) is 0 Å². The number of halogens is 2. The number of carbonyl (C=O) groups excluding carboxylic acids is 2. The summed E-state index contributed by atoms with van der Waals surface area (Å²) in [5.74, 6) is -3.66. The van der Waals surface area contributed by atoms with E-state index < -0.39 is 51.0 Å². The monoisotopic (exact) mass is 478 g/mol. The third-order valence-corrected chi connectivity index (χ3v) is 7.98. The van der Waals surface area contributed by atoms with Crippen molar-refractivity contribution in [2.24, 2.45) is 5.92 Å². The zero-order valence-corrected chi connectivity index (χ0v) is 20.9. The minimum Gasteiger partial charge on any atom is -0.453 e. The largest absolute Gasteiger partial charge is 0.453 e. The Hall–Kier alpha value is -2.75. The predicted octanol–water partition coefficient (Wildman–Crippen LogP) is 3.91. The van der Waals surface area contributed by atoms with Crippen LogP contribution < -0.4 is 10.5 Å². The van der Waals surface area contributed by atoms with Crippen LogP contribution >= 0.6 is 0 Å². The van der Waals surface area contributed by atoms with Gasteiger partial charge in [0.15, 0.2) is 0 Å². The maximum absolute atomic E-state index is 14.4. The van der Waals surface area contributed by atoms with Gasteiger partial charge in [0.05, 0.1) is 39.7 Å². The second-order valence-corrected chi connectivity index (χ2v) is 15.0. The third-order valence-electron chi connectivity index (χ3n) is 5.92. The molecule has 0 bridgehead atoms. The number of hydrogen-bond donors (Lipinski definition) is 2. The molecule has 0 saturated carbocycles. The fourth-order valence-electron chi connectivity index (χ4n) is 3.97. The summed E-state index contributed by atoms with van der Waals surface area (Å²) < 4.78 is 33.4. The average molecular weight is 479 g/mol. The lowest BCUT2D eigenvalue weighted by Gasteiger charge is -2.29. The summed E-state index contributed by atoms with van der Waals surface area (Å²) in [6, 6.07) is 6.25. The Morgan fingerprint density at radius 3 is 2.42 bits per heavy atom. The Balaban J connectivity index is 1.87. The van der Waals surface area contributed by atoms with Crippen LogP contribution in [-0.4, -0.2) is 60.6 Å². The zero-order chi connectivity index (χ0) is 24.6. The smallest absolute Gasteiger partial charge is 0.407 e. The van der Waals surface area contributed by atoms with Crippen LogP contribution in [0.3, 0.4) is 0 Å². The molecule has 180 valence electrons. The molecule has 7 nitrogen and oxygen atoms in total. The summed E-state index contributed by atoms with van der Waals surface area (Å²) in [6.45, 7) is 9.53. The second-order valence-electron chi connectivity index (χ2n) is 9.91. The van der Waals surface area contributed by atoms with Crippen molar-refractivity contribution in [1.82, 2.24) is 20.2 Å². The van der Waals surface area contributed by atoms with Crippen molar-refractivity contribution in [2.45, 2.75) is 57.9 Å². The molecule has 0 aliphatic carbocycles. The molecule has 0 radical (unpaired) electrons. The van der Waals surface area contributed by atoms with Gasteiger partial charge in [-0.05, 0) is 11.5 Å². The molecule has 1 aromatic heterocycles. The molecule has 2 amide bonds. The van der Waals surface area contributed by atoms with E-state index >= 15 is 0 Å². The van der Waals surface area contributed by atoms with E-state index in [9.17, 15) is 18.4 Å². The van der Waals surface area contributed by atoms with Gasteiger partial charge in [0.2, 0.25) is 5.91 Å². The van der Waals surface area contributed by atoms with Crippen LogP contribution in [-0.2, 0) is 9.53 Å². The first-order valence-corrected chi connectivity index (χ1v) is 14.5. The molecular formula is C23H32F2N4O3Si. The SMILES string of the molecule is COC(=O)N[C@H](C(=O)N1CC(F)(F)C[C@H]1c1ncc(-c2ccc([Si](C)(C)C)cc2)[nH]1)C(C)C. The Bertz CT molecular complexity index is 1000. The molecule has 2 atom stereocenters. The summed E-state index contributed by atoms with van der Waals surface area (Å²) in [6.07, 6.45) is 0.278. The van der Waals surface area contributed by atoms with Crippen LogP contribution in [0.1, 0.15) is 32.1 Å². The number of aromatic nitrogens is 2. The lowest BCUT2D eigenvalue weighted by molar-refractivity contribution is -0.136. The van der Waals surface area contributed by atoms with Crippen LogP contribution in [0.15, 0.2) is 30.5 Å². The fraction of sp³-hybridized carbons (Fsp3) is 0.522. The summed E-state index contributed by atoms with van der Waals surface area (Å²) in [7, 11) is -0.253. The van der Waals surface area contributed by atoms with Gasteiger partial charge in [-0.15, -0.1) is 0 Å². The van der Waals surface area contributed by atoms with Crippen LogP contribution in [0.4, 0.5) is 13.6 Å². The van der Waals surface area contributed by atoms with Gasteiger partial charge in [-0.1, -0.05) is 62.9 Å². The molecule has 1 fully saturated rings. The number of benzene rings is 1. The van der Waals surface area contributed by atoms with Crippen LogP contribution in [0.5, 0.6) is 0 Å². The highest BCUT2D eigenvalue weighted by atomic mass is 28.3. The summed E-state index contributed by atoms with van der Waals surface area (Å²) >= 11 is 0. The Labute approximate surface area is 193 Å². The van der Waals surface area contributed by atoms with E-state index in [1.807, 2.05) is 12.1 Å². The van der Waals surface area contributed by atoms with Crippen molar-refractivity contribution >= 4 is 25.3 Å². The van der Waals surface area contributed by atoms with Crippen LogP contribution in [0.2, 0.25) is 19.6 Å². The minimum absolute atomic E-state index is 0.297. The normalized spacial score (nSPS) is 18.9. The van der Waals surface area contributed by atoms with E-state index in [1.165, 1.54) is 12.3 Å². The highest BCUT2D eigenvalue weighted by molar-refractivity contribution is 6.88. The van der Waals surface area contributed by atoms with Crippen molar-refractivity contribution in [2.75, 3.05) is 13.7 Å². The number of methoxy groups -OCH3 is 1. The molecule has 3 rings (SSSR count). The molecular weight excluding hydrogens is 446 g/mol. The van der Waals surface area contributed by atoms with E-state index in [2.05, 4.69) is 51.8 Å². The minimum atomic E-state index is -3.06. The van der Waals surface area contributed by atoms with Crippen LogP contribution in [0.25, 0.3) is 11.3 Å². The van der Waals surface area contributed by atoms with Crippen molar-refractivity contribution in [3.05, 3.63) is 36.3 Å². The van der Waals surface area contributed by atoms with E-state index in [0.29, 0.717) is 11.5 Å². The summed E-state index contributed by atoms with van der Waals surface area (Å²) in [5.41, 5.74) is 1.59. The first-order valence-electron chi connectivity index (χ1n) is 11.0. The van der Waals surface area contributed by atoms with E-state index in [4.69, 9.17) is 0 Å². The highest BCUT2D eigenvalue weighted by Crippen LogP contribution is 2.41. The van der Waals surface area contributed by atoms with Crippen molar-refractivity contribution in [1.29, 1.82) is 0 Å². The standard InChI is InChI=1S/C23H32F2N4O3Si/c1-14(2)19(28-22(31)32-3)21(30)29-13-23(24,25)11-18(29)20-26-12-17(27-20)15-7-9-16(10-8-15)33(4,5)6/h7-10,12,14,18-19H,11,13H2,1-6H3,(H,26,27)(H,28,31)/t18-,19-/m0/s1. The topological polar surface area (TPSA) is 87.3 Å². The zero-order valence-electron chi connectivity index (χ0n) is 19.9. The number of carbonyl (C=O) groups is 2. The van der Waals surface area contributed by atoms with Gasteiger partial charge < -0.3 is 19.9 Å². The number of alkyl halides is 2. The van der Waals surface area contributed by atoms with Crippen molar-refractivity contribution in [3.63, 3.8) is 0 Å². The molecule has 1 aromatic carbocycles. The second kappa shape index (κ2) is 9.24. The van der Waals surface area contributed by atoms with Gasteiger partial charge in [-0.25, -0.2) is 18.6 Å². The number of hydrogen-bond acceptors (Lipinski definition) is 4. The van der Waals surface area contributed by atoms with Crippen LogP contribution in [0, 0.1) is 5.92 Å². The van der Waals surface area contributed by atoms with E-state index in [0.717, 1.165) is 10.5 Å². The lowest BCUT2D eigenvalue weighted by Crippen LogP contribution is -2.51. The van der Waals surface area contributed by atoms with E-state index in [1.54, 1.807) is 20.0 Å². The molecule has 2 aromatic rings. The van der Waals surface area contributed by atoms with Crippen molar-refractivity contribution < 1.29 is 23.1 Å². The molecule has 1 aliphatic rings. The van der Waals surface area contributed by atoms with Gasteiger partial charge in [0, 0.05) is 6.42 Å². The Kier molecular flexibility index (Phi) is 6.97. The number of ether oxygens (including phenoxy) is 1. The number of imidazole rings is 1. The molecule has 2 heterocycles. The maximum Gasteiger partial charge on any atom is 0.407 e. The highest BCUT2D eigenvalue weighted by Gasteiger charge is 2.50. The number of aromatic amines is 1. The number of rotatable bonds is 6. The third kappa shape index (κ3) is 5.60. The number of amides is 2. The molecule has 2 N–H and O–H groups in total. The average Bonchev–Trinajstić information content (AvgIpc) is 3.34. The molecule has 1 aliphatic heterocycles. The quantitative estimate of drug-likeness (QED) is 0.617. The maximum atomic E-state index is 14.4. The number of alkyl carbamates (subject to hydrolysis) is 1. The van der Waals surface area contributed by atoms with Gasteiger partial charge in [0.1, 0.15) is 11.9 Å². The van der Waals surface area contributed by atoms with Gasteiger partial charge >= 0.3 is 6.09 Å². The molecule has 33 heavy (non-hydrogen) atoms. The number of nitrogens with zero attached hydrogens (tertiary/aromatic N) is 2. The van der Waals surface area contributed by atoms with Gasteiger partial charge in [0.25, 0.3) is 5.92 Å². The summed E-state index contributed by atoms with van der Waals surface area (Å²) in [4.78, 5) is 33.5. The van der Waals surface area contributed by atoms with E-state index in [-0.39, 0.29) is 5.92 Å². The Morgan fingerprint density at radius 1 is 1.24 bits per heavy atom.